The molecule has 2 aromatic heterocycles. The molecule has 0 saturated carbocycles. The van der Waals surface area contributed by atoms with Crippen LogP contribution in [0.4, 0.5) is 5.69 Å². The van der Waals surface area contributed by atoms with E-state index in [2.05, 4.69) is 9.71 Å². The number of rotatable bonds is 3. The Morgan fingerprint density at radius 2 is 1.83 bits per heavy atom. The van der Waals surface area contributed by atoms with Gasteiger partial charge in [0, 0.05) is 11.9 Å². The largest absolute Gasteiger partial charge is 0.302 e. The van der Waals surface area contributed by atoms with Gasteiger partial charge in [0.2, 0.25) is 0 Å². The lowest BCUT2D eigenvalue weighted by atomic mass is 10.2. The standard InChI is InChI=1S/C17H19N3O2S/c1-11-7-8-12(2)16(10-11)23(21,22)19-15-6-5-9-20-14(4)13(3)18-17(15)20/h5-10,19H,1-4H3. The molecule has 0 fully saturated rings. The molecular formula is C17H19N3O2S. The Labute approximate surface area is 136 Å². The van der Waals surface area contributed by atoms with Gasteiger partial charge in [-0.3, -0.25) is 4.72 Å². The van der Waals surface area contributed by atoms with Gasteiger partial charge in [-0.2, -0.15) is 0 Å². The Morgan fingerprint density at radius 1 is 1.09 bits per heavy atom. The first kappa shape index (κ1) is 15.6. The number of hydrogen-bond acceptors (Lipinski definition) is 3. The minimum absolute atomic E-state index is 0.291. The number of pyridine rings is 1. The molecule has 0 radical (unpaired) electrons. The van der Waals surface area contributed by atoms with Crippen molar-refractivity contribution in [1.29, 1.82) is 0 Å². The van der Waals surface area contributed by atoms with E-state index in [0.717, 1.165) is 17.0 Å². The van der Waals surface area contributed by atoms with E-state index in [0.29, 0.717) is 21.8 Å². The van der Waals surface area contributed by atoms with Crippen molar-refractivity contribution >= 4 is 21.4 Å². The highest BCUT2D eigenvalue weighted by atomic mass is 32.2. The van der Waals surface area contributed by atoms with Gasteiger partial charge in [-0.15, -0.1) is 0 Å². The summed E-state index contributed by atoms with van der Waals surface area (Å²) in [4.78, 5) is 4.76. The Hall–Kier alpha value is -2.34. The molecule has 0 atom stereocenters. The zero-order chi connectivity index (χ0) is 16.8. The Kier molecular flexibility index (Phi) is 3.64. The van der Waals surface area contributed by atoms with E-state index in [1.165, 1.54) is 0 Å². The van der Waals surface area contributed by atoms with Crippen LogP contribution >= 0.6 is 0 Å². The lowest BCUT2D eigenvalue weighted by molar-refractivity contribution is 0.600. The topological polar surface area (TPSA) is 63.5 Å². The zero-order valence-corrected chi connectivity index (χ0v) is 14.4. The highest BCUT2D eigenvalue weighted by molar-refractivity contribution is 7.92. The number of nitrogens with zero attached hydrogens (tertiary/aromatic N) is 2. The summed E-state index contributed by atoms with van der Waals surface area (Å²) >= 11 is 0. The van der Waals surface area contributed by atoms with Crippen molar-refractivity contribution in [3.8, 4) is 0 Å². The molecule has 6 heteroatoms. The SMILES string of the molecule is Cc1ccc(C)c(S(=O)(=O)Nc2cccn3c(C)c(C)nc23)c1. The maximum absolute atomic E-state index is 12.8. The molecule has 0 spiro atoms. The Bertz CT molecular complexity index is 1000. The Morgan fingerprint density at radius 3 is 2.57 bits per heavy atom. The second-order valence-corrected chi connectivity index (χ2v) is 7.42. The molecule has 1 aromatic carbocycles. The number of hydrogen-bond donors (Lipinski definition) is 1. The lowest BCUT2D eigenvalue weighted by Crippen LogP contribution is -2.15. The van der Waals surface area contributed by atoms with E-state index in [-0.39, 0.29) is 0 Å². The average Bonchev–Trinajstić information content (AvgIpc) is 2.78. The van der Waals surface area contributed by atoms with Crippen molar-refractivity contribution in [2.75, 3.05) is 4.72 Å². The average molecular weight is 329 g/mol. The van der Waals surface area contributed by atoms with Crippen molar-refractivity contribution in [2.45, 2.75) is 32.6 Å². The third-order valence-electron chi connectivity index (χ3n) is 4.00. The molecule has 0 bridgehead atoms. The molecule has 2 heterocycles. The van der Waals surface area contributed by atoms with E-state index in [1.807, 2.05) is 49.6 Å². The van der Waals surface area contributed by atoms with Crippen molar-refractivity contribution in [3.05, 3.63) is 59.0 Å². The third kappa shape index (κ3) is 2.70. The first-order chi connectivity index (χ1) is 10.8. The molecule has 120 valence electrons. The quantitative estimate of drug-likeness (QED) is 0.801. The van der Waals surface area contributed by atoms with Crippen LogP contribution in [0.15, 0.2) is 41.4 Å². The summed E-state index contributed by atoms with van der Waals surface area (Å²) in [5.74, 6) is 0. The summed E-state index contributed by atoms with van der Waals surface area (Å²) in [7, 11) is -3.66. The van der Waals surface area contributed by atoms with Crippen LogP contribution in [-0.4, -0.2) is 17.8 Å². The van der Waals surface area contributed by atoms with Gasteiger partial charge in [0.15, 0.2) is 5.65 Å². The number of aryl methyl sites for hydroxylation is 4. The predicted molar refractivity (Wildman–Crippen MR) is 91.4 cm³/mol. The van der Waals surface area contributed by atoms with E-state index in [9.17, 15) is 8.42 Å². The monoisotopic (exact) mass is 329 g/mol. The van der Waals surface area contributed by atoms with Gasteiger partial charge < -0.3 is 4.40 Å². The smallest absolute Gasteiger partial charge is 0.262 e. The van der Waals surface area contributed by atoms with Crippen LogP contribution in [0, 0.1) is 27.7 Å². The number of imidazole rings is 1. The van der Waals surface area contributed by atoms with Gasteiger partial charge in [-0.25, -0.2) is 13.4 Å². The molecule has 0 amide bonds. The van der Waals surface area contributed by atoms with Crippen molar-refractivity contribution in [1.82, 2.24) is 9.38 Å². The molecule has 0 aliphatic carbocycles. The van der Waals surface area contributed by atoms with Crippen LogP contribution < -0.4 is 4.72 Å². The predicted octanol–water partition coefficient (Wildman–Crippen LogP) is 3.37. The molecule has 0 unspecified atom stereocenters. The van der Waals surface area contributed by atoms with Gasteiger partial charge in [0.25, 0.3) is 10.0 Å². The third-order valence-corrected chi connectivity index (χ3v) is 5.51. The highest BCUT2D eigenvalue weighted by Gasteiger charge is 2.19. The number of anilines is 1. The first-order valence-electron chi connectivity index (χ1n) is 7.34. The van der Waals surface area contributed by atoms with Crippen LogP contribution in [0.5, 0.6) is 0 Å². The fourth-order valence-electron chi connectivity index (χ4n) is 2.58. The molecular weight excluding hydrogens is 310 g/mol. The van der Waals surface area contributed by atoms with Gasteiger partial charge in [-0.1, -0.05) is 12.1 Å². The van der Waals surface area contributed by atoms with Crippen LogP contribution in [0.2, 0.25) is 0 Å². The maximum atomic E-state index is 12.8. The fraction of sp³-hybridized carbons (Fsp3) is 0.235. The van der Waals surface area contributed by atoms with Crippen LogP contribution in [0.1, 0.15) is 22.5 Å². The Balaban J connectivity index is 2.11. The molecule has 23 heavy (non-hydrogen) atoms. The van der Waals surface area contributed by atoms with Gasteiger partial charge >= 0.3 is 0 Å². The molecule has 3 aromatic rings. The van der Waals surface area contributed by atoms with Gasteiger partial charge in [0.05, 0.1) is 16.3 Å². The van der Waals surface area contributed by atoms with Gasteiger partial charge in [0.1, 0.15) is 0 Å². The molecule has 0 aliphatic rings. The number of benzene rings is 1. The van der Waals surface area contributed by atoms with Crippen LogP contribution in [0.3, 0.4) is 0 Å². The minimum Gasteiger partial charge on any atom is -0.302 e. The van der Waals surface area contributed by atoms with E-state index in [1.54, 1.807) is 19.1 Å². The summed E-state index contributed by atoms with van der Waals surface area (Å²) in [6.07, 6.45) is 1.88. The summed E-state index contributed by atoms with van der Waals surface area (Å²) in [6.45, 7) is 7.53. The normalized spacial score (nSPS) is 11.8. The van der Waals surface area contributed by atoms with E-state index in [4.69, 9.17) is 0 Å². The van der Waals surface area contributed by atoms with Crippen molar-refractivity contribution in [2.24, 2.45) is 0 Å². The molecule has 0 aliphatic heterocycles. The molecule has 1 N–H and O–H groups in total. The second kappa shape index (κ2) is 5.38. The zero-order valence-electron chi connectivity index (χ0n) is 13.6. The molecule has 5 nitrogen and oxygen atoms in total. The summed E-state index contributed by atoms with van der Waals surface area (Å²) in [5, 5.41) is 0. The van der Waals surface area contributed by atoms with E-state index >= 15 is 0 Å². The number of sulfonamides is 1. The van der Waals surface area contributed by atoms with Crippen LogP contribution in [-0.2, 0) is 10.0 Å². The number of fused-ring (bicyclic) bond motifs is 1. The minimum atomic E-state index is -3.66. The summed E-state index contributed by atoms with van der Waals surface area (Å²) < 4.78 is 30.1. The molecule has 0 saturated heterocycles. The van der Waals surface area contributed by atoms with Gasteiger partial charge in [-0.05, 0) is 57.0 Å². The van der Waals surface area contributed by atoms with Crippen LogP contribution in [0.25, 0.3) is 5.65 Å². The van der Waals surface area contributed by atoms with Crippen molar-refractivity contribution in [3.63, 3.8) is 0 Å². The molecule has 3 rings (SSSR count). The van der Waals surface area contributed by atoms with E-state index < -0.39 is 10.0 Å². The maximum Gasteiger partial charge on any atom is 0.262 e. The fourth-order valence-corrected chi connectivity index (χ4v) is 3.97. The first-order valence-corrected chi connectivity index (χ1v) is 8.82. The summed E-state index contributed by atoms with van der Waals surface area (Å²) in [6, 6.07) is 8.93. The second-order valence-electron chi connectivity index (χ2n) is 5.77. The lowest BCUT2D eigenvalue weighted by Gasteiger charge is -2.12. The number of aromatic nitrogens is 2. The number of nitrogens with one attached hydrogen (secondary N) is 1. The van der Waals surface area contributed by atoms with Crippen molar-refractivity contribution < 1.29 is 8.42 Å². The summed E-state index contributed by atoms with van der Waals surface area (Å²) in [5.41, 5.74) is 4.57. The highest BCUT2D eigenvalue weighted by Crippen LogP contribution is 2.24.